The summed E-state index contributed by atoms with van der Waals surface area (Å²) in [4.78, 5) is 9.96. The Morgan fingerprint density at radius 1 is 1.24 bits per heavy atom. The van der Waals surface area contributed by atoms with Crippen LogP contribution in [0.25, 0.3) is 16.9 Å². The van der Waals surface area contributed by atoms with Crippen LogP contribution in [0.1, 0.15) is 4.88 Å². The lowest BCUT2D eigenvalue weighted by atomic mass is 10.1. The number of rotatable bonds is 4. The number of aromatic hydroxyl groups is 1. The molecule has 0 fully saturated rings. The molecule has 1 aromatic carbocycles. The van der Waals surface area contributed by atoms with Gasteiger partial charge in [0.25, 0.3) is 0 Å². The van der Waals surface area contributed by atoms with Gasteiger partial charge in [-0.25, -0.2) is 4.98 Å². The number of anilines is 1. The van der Waals surface area contributed by atoms with Crippen LogP contribution in [0, 0.1) is 0 Å². The molecule has 0 bridgehead atoms. The Morgan fingerprint density at radius 2 is 2.04 bits per heavy atom. The molecule has 0 aliphatic heterocycles. The molecule has 0 amide bonds. The van der Waals surface area contributed by atoms with Gasteiger partial charge in [0.2, 0.25) is 0 Å². The molecule has 0 unspecified atom stereocenters. The molecule has 0 spiro atoms. The minimum Gasteiger partial charge on any atom is -0.505 e. The SMILES string of the molecule is Oc1c(Cl)cc(-c2nc3cnccn3c2NCc2cccs2)cc1Cl. The largest absolute Gasteiger partial charge is 0.505 e. The summed E-state index contributed by atoms with van der Waals surface area (Å²) in [5.74, 6) is 0.675. The summed E-state index contributed by atoms with van der Waals surface area (Å²) in [7, 11) is 0. The van der Waals surface area contributed by atoms with E-state index < -0.39 is 0 Å². The van der Waals surface area contributed by atoms with Crippen molar-refractivity contribution in [3.63, 3.8) is 0 Å². The zero-order chi connectivity index (χ0) is 17.4. The summed E-state index contributed by atoms with van der Waals surface area (Å²) in [5.41, 5.74) is 2.10. The number of hydrogen-bond donors (Lipinski definition) is 2. The van der Waals surface area contributed by atoms with Crippen molar-refractivity contribution in [2.24, 2.45) is 0 Å². The second-order valence-electron chi connectivity index (χ2n) is 5.33. The van der Waals surface area contributed by atoms with Crippen molar-refractivity contribution in [3.05, 3.63) is 63.2 Å². The highest BCUT2D eigenvalue weighted by Gasteiger charge is 2.17. The Hall–Kier alpha value is -2.28. The molecule has 0 saturated heterocycles. The van der Waals surface area contributed by atoms with Gasteiger partial charge in [-0.1, -0.05) is 29.3 Å². The fourth-order valence-corrected chi connectivity index (χ4v) is 3.69. The van der Waals surface area contributed by atoms with Crippen molar-refractivity contribution in [2.45, 2.75) is 6.54 Å². The maximum Gasteiger partial charge on any atom is 0.157 e. The molecule has 8 heteroatoms. The number of aromatic nitrogens is 3. The third kappa shape index (κ3) is 3.04. The number of imidazole rings is 1. The number of hydrogen-bond acceptors (Lipinski definition) is 5. The molecular weight excluding hydrogens is 379 g/mol. The van der Waals surface area contributed by atoms with Crippen molar-refractivity contribution >= 4 is 46.0 Å². The minimum atomic E-state index is -0.134. The van der Waals surface area contributed by atoms with E-state index in [0.717, 1.165) is 5.82 Å². The van der Waals surface area contributed by atoms with Gasteiger partial charge in [0.15, 0.2) is 11.4 Å². The van der Waals surface area contributed by atoms with Crippen molar-refractivity contribution < 1.29 is 5.11 Å². The van der Waals surface area contributed by atoms with Crippen LogP contribution >= 0.6 is 34.5 Å². The van der Waals surface area contributed by atoms with Gasteiger partial charge in [0.05, 0.1) is 22.8 Å². The highest BCUT2D eigenvalue weighted by molar-refractivity contribution is 7.09. The smallest absolute Gasteiger partial charge is 0.157 e. The van der Waals surface area contributed by atoms with Crippen LogP contribution in [0.2, 0.25) is 10.0 Å². The Bertz CT molecular complexity index is 1020. The lowest BCUT2D eigenvalue weighted by Gasteiger charge is -2.09. The highest BCUT2D eigenvalue weighted by atomic mass is 35.5. The molecule has 0 aliphatic rings. The number of phenolic OH excluding ortho intramolecular Hbond substituents is 1. The third-order valence-electron chi connectivity index (χ3n) is 3.73. The van der Waals surface area contributed by atoms with Gasteiger partial charge in [-0.2, -0.15) is 0 Å². The predicted molar refractivity (Wildman–Crippen MR) is 102 cm³/mol. The topological polar surface area (TPSA) is 62.5 Å². The molecule has 126 valence electrons. The second-order valence-corrected chi connectivity index (χ2v) is 7.18. The number of fused-ring (bicyclic) bond motifs is 1. The van der Waals surface area contributed by atoms with Gasteiger partial charge < -0.3 is 10.4 Å². The summed E-state index contributed by atoms with van der Waals surface area (Å²) in [6, 6.07) is 7.37. The van der Waals surface area contributed by atoms with Crippen LogP contribution in [0.4, 0.5) is 5.82 Å². The van der Waals surface area contributed by atoms with Crippen LogP contribution in [-0.2, 0) is 6.54 Å². The first-order valence-electron chi connectivity index (χ1n) is 7.40. The van der Waals surface area contributed by atoms with Crippen molar-refractivity contribution in [1.29, 1.82) is 0 Å². The van der Waals surface area contributed by atoms with Crippen LogP contribution in [0.3, 0.4) is 0 Å². The van der Waals surface area contributed by atoms with Gasteiger partial charge in [0.1, 0.15) is 11.5 Å². The molecule has 25 heavy (non-hydrogen) atoms. The van der Waals surface area contributed by atoms with Crippen molar-refractivity contribution in [2.75, 3.05) is 5.32 Å². The first kappa shape index (κ1) is 16.2. The fourth-order valence-electron chi connectivity index (χ4n) is 2.56. The first-order chi connectivity index (χ1) is 12.1. The van der Waals surface area contributed by atoms with E-state index in [9.17, 15) is 5.11 Å². The predicted octanol–water partition coefficient (Wildman–Crippen LogP) is 5.08. The summed E-state index contributed by atoms with van der Waals surface area (Å²) in [6.45, 7) is 0.667. The number of phenols is 1. The number of benzene rings is 1. The van der Waals surface area contributed by atoms with Crippen LogP contribution < -0.4 is 5.32 Å². The third-order valence-corrected chi connectivity index (χ3v) is 5.18. The molecule has 5 nitrogen and oxygen atoms in total. The summed E-state index contributed by atoms with van der Waals surface area (Å²) < 4.78 is 1.92. The zero-order valence-corrected chi connectivity index (χ0v) is 15.1. The standard InChI is InChI=1S/C17H12Cl2N4OS/c18-12-6-10(7-13(19)16(12)24)15-17(21-8-11-2-1-5-25-11)23-4-3-20-9-14(23)22-15/h1-7,9,21,24H,8H2. The van der Waals surface area contributed by atoms with E-state index in [-0.39, 0.29) is 15.8 Å². The molecule has 3 heterocycles. The molecule has 2 N–H and O–H groups in total. The maximum absolute atomic E-state index is 9.80. The van der Waals surface area contributed by atoms with E-state index in [2.05, 4.69) is 21.4 Å². The number of nitrogens with zero attached hydrogens (tertiary/aromatic N) is 3. The summed E-state index contributed by atoms with van der Waals surface area (Å²) in [5, 5.41) is 15.6. The van der Waals surface area contributed by atoms with E-state index in [1.807, 2.05) is 22.0 Å². The molecule has 4 rings (SSSR count). The highest BCUT2D eigenvalue weighted by Crippen LogP contribution is 2.38. The lowest BCUT2D eigenvalue weighted by molar-refractivity contribution is 0.476. The molecule has 4 aromatic rings. The van der Waals surface area contributed by atoms with Crippen LogP contribution in [0.15, 0.2) is 48.2 Å². The van der Waals surface area contributed by atoms with Gasteiger partial charge in [-0.05, 0) is 23.6 Å². The van der Waals surface area contributed by atoms with E-state index in [1.165, 1.54) is 4.88 Å². The van der Waals surface area contributed by atoms with E-state index in [4.69, 9.17) is 23.2 Å². The zero-order valence-electron chi connectivity index (χ0n) is 12.8. The molecular formula is C17H12Cl2N4OS. The van der Waals surface area contributed by atoms with Gasteiger partial charge >= 0.3 is 0 Å². The second kappa shape index (κ2) is 6.55. The minimum absolute atomic E-state index is 0.134. The van der Waals surface area contributed by atoms with E-state index in [0.29, 0.717) is 23.4 Å². The Kier molecular flexibility index (Phi) is 4.25. The van der Waals surface area contributed by atoms with E-state index >= 15 is 0 Å². The normalized spacial score (nSPS) is 11.1. The van der Waals surface area contributed by atoms with E-state index in [1.54, 1.807) is 35.9 Å². The van der Waals surface area contributed by atoms with Crippen molar-refractivity contribution in [3.8, 4) is 17.0 Å². The average molecular weight is 391 g/mol. The molecule has 0 radical (unpaired) electrons. The molecule has 0 atom stereocenters. The summed E-state index contributed by atoms with van der Waals surface area (Å²) >= 11 is 13.8. The molecule has 0 saturated carbocycles. The average Bonchev–Trinajstić information content (AvgIpc) is 3.24. The lowest BCUT2D eigenvalue weighted by Crippen LogP contribution is -2.02. The van der Waals surface area contributed by atoms with Crippen LogP contribution in [-0.4, -0.2) is 19.5 Å². The molecule has 3 aromatic heterocycles. The maximum atomic E-state index is 9.80. The first-order valence-corrected chi connectivity index (χ1v) is 9.04. The quantitative estimate of drug-likeness (QED) is 0.509. The number of thiophene rings is 1. The van der Waals surface area contributed by atoms with Crippen LogP contribution in [0.5, 0.6) is 5.75 Å². The van der Waals surface area contributed by atoms with Gasteiger partial charge in [-0.3, -0.25) is 9.38 Å². The van der Waals surface area contributed by atoms with Gasteiger partial charge in [0, 0.05) is 22.8 Å². The Labute approximate surface area is 157 Å². The van der Waals surface area contributed by atoms with Gasteiger partial charge in [-0.15, -0.1) is 11.3 Å². The monoisotopic (exact) mass is 390 g/mol. The van der Waals surface area contributed by atoms with Crippen molar-refractivity contribution in [1.82, 2.24) is 14.4 Å². The summed E-state index contributed by atoms with van der Waals surface area (Å²) in [6.07, 6.45) is 5.22. The fraction of sp³-hybridized carbons (Fsp3) is 0.0588. The Balaban J connectivity index is 1.84. The number of halogens is 2. The Morgan fingerprint density at radius 3 is 2.76 bits per heavy atom. The molecule has 0 aliphatic carbocycles. The number of nitrogens with one attached hydrogen (secondary N) is 1.